The smallest absolute Gasteiger partial charge is 0.247 e. The maximum absolute atomic E-state index is 13.0. The van der Waals surface area contributed by atoms with E-state index in [-0.39, 0.29) is 11.9 Å². The number of aryl methyl sites for hydroxylation is 4. The lowest BCUT2D eigenvalue weighted by Gasteiger charge is -2.34. The molecule has 0 aliphatic carbocycles. The Bertz CT molecular complexity index is 1130. The molecule has 1 fully saturated rings. The molecule has 0 spiro atoms. The van der Waals surface area contributed by atoms with Crippen LogP contribution in [0.5, 0.6) is 0 Å². The summed E-state index contributed by atoms with van der Waals surface area (Å²) in [6, 6.07) is 5.48. The highest BCUT2D eigenvalue weighted by molar-refractivity contribution is 5.91. The highest BCUT2D eigenvalue weighted by atomic mass is 16.2. The van der Waals surface area contributed by atoms with Crippen molar-refractivity contribution in [1.82, 2.24) is 34.6 Å². The van der Waals surface area contributed by atoms with Crippen LogP contribution >= 0.6 is 0 Å². The van der Waals surface area contributed by atoms with Gasteiger partial charge in [-0.15, -0.1) is 0 Å². The van der Waals surface area contributed by atoms with E-state index >= 15 is 0 Å². The van der Waals surface area contributed by atoms with E-state index < -0.39 is 0 Å². The van der Waals surface area contributed by atoms with Crippen molar-refractivity contribution in [3.05, 3.63) is 59.1 Å². The molecule has 3 aromatic heterocycles. The summed E-state index contributed by atoms with van der Waals surface area (Å²) in [6.07, 6.45) is 7.93. The van der Waals surface area contributed by atoms with Crippen molar-refractivity contribution in [2.24, 2.45) is 7.05 Å². The zero-order valence-corrected chi connectivity index (χ0v) is 18.9. The molecule has 9 heteroatoms. The molecule has 32 heavy (non-hydrogen) atoms. The van der Waals surface area contributed by atoms with Crippen LogP contribution in [0.2, 0.25) is 0 Å². The molecular weight excluding hydrogens is 404 g/mol. The van der Waals surface area contributed by atoms with E-state index in [1.165, 1.54) is 0 Å². The van der Waals surface area contributed by atoms with E-state index in [1.807, 2.05) is 50.9 Å². The van der Waals surface area contributed by atoms with Crippen LogP contribution in [0.25, 0.3) is 6.08 Å². The summed E-state index contributed by atoms with van der Waals surface area (Å²) in [7, 11) is 1.85. The van der Waals surface area contributed by atoms with E-state index in [2.05, 4.69) is 25.4 Å². The van der Waals surface area contributed by atoms with Crippen molar-refractivity contribution in [2.75, 3.05) is 11.9 Å². The SMILES string of the molecule is Cc1cc(C)nc(Nc2cc(C)nc(C3CCCCN3C(=O)/C=C/c3ccnn3C)n2)n1. The summed E-state index contributed by atoms with van der Waals surface area (Å²) in [5.41, 5.74) is 3.47. The second-order valence-corrected chi connectivity index (χ2v) is 8.11. The van der Waals surface area contributed by atoms with Crippen LogP contribution in [0.1, 0.15) is 53.9 Å². The Kier molecular flexibility index (Phi) is 6.25. The number of carbonyl (C=O) groups excluding carboxylic acids is 1. The van der Waals surface area contributed by atoms with Crippen molar-refractivity contribution in [1.29, 1.82) is 0 Å². The Labute approximate surface area is 187 Å². The third-order valence-corrected chi connectivity index (χ3v) is 5.43. The van der Waals surface area contributed by atoms with Crippen LogP contribution in [-0.4, -0.2) is 47.1 Å². The van der Waals surface area contributed by atoms with Gasteiger partial charge in [0, 0.05) is 49.0 Å². The number of hydrogen-bond acceptors (Lipinski definition) is 7. The number of amides is 1. The fourth-order valence-electron chi connectivity index (χ4n) is 3.96. The summed E-state index contributed by atoms with van der Waals surface area (Å²) < 4.78 is 1.73. The topological polar surface area (TPSA) is 102 Å². The Morgan fingerprint density at radius 3 is 2.53 bits per heavy atom. The molecule has 166 valence electrons. The van der Waals surface area contributed by atoms with E-state index in [0.717, 1.165) is 42.0 Å². The van der Waals surface area contributed by atoms with Crippen LogP contribution in [0.3, 0.4) is 0 Å². The number of aromatic nitrogens is 6. The highest BCUT2D eigenvalue weighted by Gasteiger charge is 2.29. The highest BCUT2D eigenvalue weighted by Crippen LogP contribution is 2.30. The maximum Gasteiger partial charge on any atom is 0.247 e. The molecule has 4 rings (SSSR count). The fourth-order valence-corrected chi connectivity index (χ4v) is 3.96. The normalized spacial score (nSPS) is 16.5. The van der Waals surface area contributed by atoms with Crippen LogP contribution in [0.15, 0.2) is 30.5 Å². The van der Waals surface area contributed by atoms with Gasteiger partial charge in [0.05, 0.1) is 11.7 Å². The van der Waals surface area contributed by atoms with Gasteiger partial charge in [-0.1, -0.05) is 0 Å². The zero-order chi connectivity index (χ0) is 22.7. The lowest BCUT2D eigenvalue weighted by molar-refractivity contribution is -0.129. The molecule has 0 saturated carbocycles. The Hall–Kier alpha value is -3.62. The van der Waals surface area contributed by atoms with Crippen molar-refractivity contribution in [2.45, 2.75) is 46.1 Å². The van der Waals surface area contributed by atoms with Gasteiger partial charge in [-0.05, 0) is 58.2 Å². The van der Waals surface area contributed by atoms with Crippen LogP contribution in [-0.2, 0) is 11.8 Å². The fraction of sp³-hybridized carbons (Fsp3) is 0.391. The first-order chi connectivity index (χ1) is 15.4. The summed E-state index contributed by atoms with van der Waals surface area (Å²) in [6.45, 7) is 6.47. The molecule has 3 aromatic rings. The first-order valence-electron chi connectivity index (χ1n) is 10.8. The first-order valence-corrected chi connectivity index (χ1v) is 10.8. The largest absolute Gasteiger partial charge is 0.329 e. The molecule has 1 atom stereocenters. The number of likely N-dealkylation sites (tertiary alicyclic amines) is 1. The van der Waals surface area contributed by atoms with Crippen LogP contribution < -0.4 is 5.32 Å². The zero-order valence-electron chi connectivity index (χ0n) is 18.9. The molecule has 1 aliphatic heterocycles. The number of piperidine rings is 1. The van der Waals surface area contributed by atoms with Crippen molar-refractivity contribution in [3.8, 4) is 0 Å². The number of anilines is 2. The number of hydrogen-bond donors (Lipinski definition) is 1. The van der Waals surface area contributed by atoms with Gasteiger partial charge in [-0.3, -0.25) is 9.48 Å². The van der Waals surface area contributed by atoms with Gasteiger partial charge in [0.15, 0.2) is 5.82 Å². The summed E-state index contributed by atoms with van der Waals surface area (Å²) in [5.74, 6) is 1.72. The molecule has 0 aromatic carbocycles. The maximum atomic E-state index is 13.0. The molecule has 9 nitrogen and oxygen atoms in total. The van der Waals surface area contributed by atoms with Gasteiger partial charge in [0.25, 0.3) is 0 Å². The van der Waals surface area contributed by atoms with Crippen LogP contribution in [0, 0.1) is 20.8 Å². The van der Waals surface area contributed by atoms with Crippen molar-refractivity contribution >= 4 is 23.7 Å². The second-order valence-electron chi connectivity index (χ2n) is 8.11. The molecule has 1 N–H and O–H groups in total. The Morgan fingerprint density at radius 2 is 1.81 bits per heavy atom. The minimum absolute atomic E-state index is 0.0480. The van der Waals surface area contributed by atoms with Gasteiger partial charge < -0.3 is 10.2 Å². The van der Waals surface area contributed by atoms with E-state index in [9.17, 15) is 4.79 Å². The van der Waals surface area contributed by atoms with Crippen LogP contribution in [0.4, 0.5) is 11.8 Å². The second kappa shape index (κ2) is 9.25. The average molecular weight is 433 g/mol. The summed E-state index contributed by atoms with van der Waals surface area (Å²) >= 11 is 0. The number of nitrogens with zero attached hydrogens (tertiary/aromatic N) is 7. The third kappa shape index (κ3) is 4.99. The lowest BCUT2D eigenvalue weighted by Crippen LogP contribution is -2.38. The van der Waals surface area contributed by atoms with Crippen molar-refractivity contribution in [3.63, 3.8) is 0 Å². The quantitative estimate of drug-likeness (QED) is 0.616. The molecule has 1 unspecified atom stereocenters. The average Bonchev–Trinajstić information content (AvgIpc) is 3.15. The van der Waals surface area contributed by atoms with Gasteiger partial charge >= 0.3 is 0 Å². The van der Waals surface area contributed by atoms with Gasteiger partial charge in [-0.2, -0.15) is 5.10 Å². The molecule has 1 saturated heterocycles. The minimum Gasteiger partial charge on any atom is -0.329 e. The predicted octanol–water partition coefficient (Wildman–Crippen LogP) is 3.44. The van der Waals surface area contributed by atoms with Crippen molar-refractivity contribution < 1.29 is 4.79 Å². The molecular formula is C23H28N8O. The molecule has 0 radical (unpaired) electrons. The number of rotatable bonds is 5. The monoisotopic (exact) mass is 432 g/mol. The number of nitrogens with one attached hydrogen (secondary N) is 1. The Morgan fingerprint density at radius 1 is 1.06 bits per heavy atom. The van der Waals surface area contributed by atoms with E-state index in [0.29, 0.717) is 24.1 Å². The lowest BCUT2D eigenvalue weighted by atomic mass is 10.0. The minimum atomic E-state index is -0.173. The molecule has 1 aliphatic rings. The predicted molar refractivity (Wildman–Crippen MR) is 122 cm³/mol. The summed E-state index contributed by atoms with van der Waals surface area (Å²) in [5, 5.41) is 7.34. The standard InChI is InChI=1S/C23H28N8O/c1-15-13-16(2)27-23(26-15)29-20-14-17(3)25-22(28-20)19-7-5-6-12-31(19)21(32)9-8-18-10-11-24-30(18)4/h8-11,13-14,19H,5-7,12H2,1-4H3,(H,25,26,27,28,29)/b9-8+. The van der Waals surface area contributed by atoms with Gasteiger partial charge in [-0.25, -0.2) is 19.9 Å². The van der Waals surface area contributed by atoms with Gasteiger partial charge in [0.2, 0.25) is 11.9 Å². The summed E-state index contributed by atoms with van der Waals surface area (Å²) in [4.78, 5) is 33.2. The number of carbonyl (C=O) groups is 1. The van der Waals surface area contributed by atoms with Gasteiger partial charge in [0.1, 0.15) is 5.82 Å². The van der Waals surface area contributed by atoms with E-state index in [1.54, 1.807) is 23.0 Å². The first kappa shape index (κ1) is 21.6. The molecule has 0 bridgehead atoms. The molecule has 1 amide bonds. The molecule has 4 heterocycles. The Balaban J connectivity index is 1.58. The van der Waals surface area contributed by atoms with E-state index in [4.69, 9.17) is 4.98 Å². The third-order valence-electron chi connectivity index (χ3n) is 5.43.